The maximum absolute atomic E-state index is 12.0. The van der Waals surface area contributed by atoms with Crippen LogP contribution in [0.4, 0.5) is 8.78 Å². The Kier molecular flexibility index (Phi) is 6.67. The molecule has 1 aliphatic heterocycles. The Labute approximate surface area is 122 Å². The van der Waals surface area contributed by atoms with Crippen LogP contribution in [0.1, 0.15) is 23.2 Å². The first-order chi connectivity index (χ1) is 9.15. The lowest BCUT2D eigenvalue weighted by molar-refractivity contribution is -0.0498. The van der Waals surface area contributed by atoms with E-state index in [9.17, 15) is 13.6 Å². The molecule has 1 aromatic carbocycles. The molecule has 1 heterocycles. The molecule has 1 fully saturated rings. The van der Waals surface area contributed by atoms with Crippen molar-refractivity contribution in [2.24, 2.45) is 0 Å². The maximum atomic E-state index is 12.0. The summed E-state index contributed by atoms with van der Waals surface area (Å²) in [4.78, 5) is 11.9. The van der Waals surface area contributed by atoms with Crippen molar-refractivity contribution < 1.29 is 18.3 Å². The van der Waals surface area contributed by atoms with Gasteiger partial charge in [0.2, 0.25) is 0 Å². The van der Waals surface area contributed by atoms with Crippen LogP contribution in [0.25, 0.3) is 0 Å². The number of piperidine rings is 1. The molecule has 2 N–H and O–H groups in total. The van der Waals surface area contributed by atoms with E-state index in [1.807, 2.05) is 0 Å². The minimum Gasteiger partial charge on any atom is -0.435 e. The molecule has 112 valence electrons. The lowest BCUT2D eigenvalue weighted by Gasteiger charge is -2.23. The quantitative estimate of drug-likeness (QED) is 0.896. The molecule has 0 radical (unpaired) electrons. The summed E-state index contributed by atoms with van der Waals surface area (Å²) in [5.41, 5.74) is 0.437. The summed E-state index contributed by atoms with van der Waals surface area (Å²) in [6, 6.07) is 5.80. The Hall–Kier alpha value is -1.40. The van der Waals surface area contributed by atoms with Crippen molar-refractivity contribution in [3.05, 3.63) is 29.8 Å². The standard InChI is InChI=1S/C13H16F2N2O2.ClH/c14-13(15)19-11-5-3-9(4-6-11)12(18)17-10-2-1-7-16-8-10;/h3-6,10,13,16H,1-2,7-8H2,(H,17,18);1H. The van der Waals surface area contributed by atoms with Gasteiger partial charge in [-0.1, -0.05) is 0 Å². The molecule has 0 saturated carbocycles. The molecule has 0 spiro atoms. The van der Waals surface area contributed by atoms with Crippen LogP contribution in [0.5, 0.6) is 5.75 Å². The van der Waals surface area contributed by atoms with E-state index in [0.29, 0.717) is 5.56 Å². The number of nitrogens with one attached hydrogen (secondary N) is 2. The Bertz CT molecular complexity index is 423. The van der Waals surface area contributed by atoms with Crippen molar-refractivity contribution in [3.63, 3.8) is 0 Å². The van der Waals surface area contributed by atoms with E-state index < -0.39 is 6.61 Å². The second-order valence-electron chi connectivity index (χ2n) is 4.42. The smallest absolute Gasteiger partial charge is 0.387 e. The van der Waals surface area contributed by atoms with Crippen LogP contribution in [0.2, 0.25) is 0 Å². The number of hydrogen-bond acceptors (Lipinski definition) is 3. The second-order valence-corrected chi connectivity index (χ2v) is 4.42. The van der Waals surface area contributed by atoms with E-state index in [1.54, 1.807) is 0 Å². The van der Waals surface area contributed by atoms with Crippen molar-refractivity contribution in [2.45, 2.75) is 25.5 Å². The third-order valence-electron chi connectivity index (χ3n) is 2.97. The van der Waals surface area contributed by atoms with E-state index in [-0.39, 0.29) is 30.1 Å². The fourth-order valence-corrected chi connectivity index (χ4v) is 2.03. The predicted octanol–water partition coefficient (Wildman–Crippen LogP) is 2.19. The van der Waals surface area contributed by atoms with Gasteiger partial charge in [-0.25, -0.2) is 0 Å². The molecular formula is C13H17ClF2N2O2. The van der Waals surface area contributed by atoms with E-state index >= 15 is 0 Å². The molecule has 1 amide bonds. The predicted molar refractivity (Wildman–Crippen MR) is 73.7 cm³/mol. The molecule has 7 heteroatoms. The first kappa shape index (κ1) is 16.7. The Morgan fingerprint density at radius 3 is 2.60 bits per heavy atom. The number of amides is 1. The normalized spacial score (nSPS) is 18.2. The van der Waals surface area contributed by atoms with Crippen LogP contribution >= 0.6 is 12.4 Å². The lowest BCUT2D eigenvalue weighted by atomic mass is 10.1. The van der Waals surface area contributed by atoms with E-state index in [0.717, 1.165) is 25.9 Å². The molecular weight excluding hydrogens is 290 g/mol. The molecule has 0 aromatic heterocycles. The number of carbonyl (C=O) groups is 1. The molecule has 1 aromatic rings. The first-order valence-electron chi connectivity index (χ1n) is 6.21. The van der Waals surface area contributed by atoms with Gasteiger partial charge in [-0.05, 0) is 43.7 Å². The summed E-state index contributed by atoms with van der Waals surface area (Å²) in [5.74, 6) is -0.150. The summed E-state index contributed by atoms with van der Waals surface area (Å²) in [6.45, 7) is -1.11. The largest absolute Gasteiger partial charge is 0.435 e. The summed E-state index contributed by atoms with van der Waals surface area (Å²) < 4.78 is 28.2. The average molecular weight is 307 g/mol. The topological polar surface area (TPSA) is 50.4 Å². The van der Waals surface area contributed by atoms with Crippen LogP contribution in [0.15, 0.2) is 24.3 Å². The zero-order valence-corrected chi connectivity index (χ0v) is 11.6. The van der Waals surface area contributed by atoms with Crippen LogP contribution in [-0.4, -0.2) is 31.7 Å². The lowest BCUT2D eigenvalue weighted by Crippen LogP contribution is -2.45. The summed E-state index contributed by atoms with van der Waals surface area (Å²) in [7, 11) is 0. The van der Waals surface area contributed by atoms with Gasteiger partial charge in [0.25, 0.3) is 5.91 Å². The van der Waals surface area contributed by atoms with E-state index in [4.69, 9.17) is 0 Å². The average Bonchev–Trinajstić information content (AvgIpc) is 2.40. The van der Waals surface area contributed by atoms with Crippen LogP contribution in [0.3, 0.4) is 0 Å². The van der Waals surface area contributed by atoms with Crippen molar-refractivity contribution in [2.75, 3.05) is 13.1 Å². The fourth-order valence-electron chi connectivity index (χ4n) is 2.03. The van der Waals surface area contributed by atoms with E-state index in [1.165, 1.54) is 24.3 Å². The summed E-state index contributed by atoms with van der Waals surface area (Å²) >= 11 is 0. The Morgan fingerprint density at radius 2 is 2.05 bits per heavy atom. The van der Waals surface area contributed by atoms with Gasteiger partial charge in [-0.15, -0.1) is 12.4 Å². The van der Waals surface area contributed by atoms with Gasteiger partial charge < -0.3 is 15.4 Å². The van der Waals surface area contributed by atoms with Crippen molar-refractivity contribution in [3.8, 4) is 5.75 Å². The third kappa shape index (κ3) is 4.94. The summed E-state index contributed by atoms with van der Waals surface area (Å²) in [6.07, 6.45) is 1.98. The number of benzene rings is 1. The third-order valence-corrected chi connectivity index (χ3v) is 2.97. The number of alkyl halides is 2. The van der Waals surface area contributed by atoms with Crippen LogP contribution in [-0.2, 0) is 0 Å². The minimum atomic E-state index is -2.85. The SMILES string of the molecule is Cl.O=C(NC1CCCNC1)c1ccc(OC(F)F)cc1. The van der Waals surface area contributed by atoms with Gasteiger partial charge in [0.05, 0.1) is 0 Å². The Morgan fingerprint density at radius 1 is 1.35 bits per heavy atom. The second kappa shape index (κ2) is 8.01. The minimum absolute atomic E-state index is 0. The molecule has 20 heavy (non-hydrogen) atoms. The number of halogens is 3. The Balaban J connectivity index is 0.00000200. The van der Waals surface area contributed by atoms with Gasteiger partial charge in [0, 0.05) is 18.2 Å². The monoisotopic (exact) mass is 306 g/mol. The highest BCUT2D eigenvalue weighted by Crippen LogP contribution is 2.15. The highest BCUT2D eigenvalue weighted by Gasteiger charge is 2.16. The van der Waals surface area contributed by atoms with E-state index in [2.05, 4.69) is 15.4 Å². The van der Waals surface area contributed by atoms with Gasteiger partial charge in [-0.3, -0.25) is 4.79 Å². The zero-order chi connectivity index (χ0) is 13.7. The molecule has 0 bridgehead atoms. The molecule has 4 nitrogen and oxygen atoms in total. The first-order valence-corrected chi connectivity index (χ1v) is 6.21. The number of ether oxygens (including phenoxy) is 1. The van der Waals surface area contributed by atoms with Gasteiger partial charge in [0.1, 0.15) is 5.75 Å². The molecule has 0 aliphatic carbocycles. The number of rotatable bonds is 4. The molecule has 1 atom stereocenters. The van der Waals surface area contributed by atoms with Crippen LogP contribution in [0, 0.1) is 0 Å². The van der Waals surface area contributed by atoms with Crippen molar-refractivity contribution >= 4 is 18.3 Å². The maximum Gasteiger partial charge on any atom is 0.387 e. The zero-order valence-electron chi connectivity index (χ0n) is 10.8. The van der Waals surface area contributed by atoms with Gasteiger partial charge in [0.15, 0.2) is 0 Å². The fraction of sp³-hybridized carbons (Fsp3) is 0.462. The highest BCUT2D eigenvalue weighted by atomic mass is 35.5. The van der Waals surface area contributed by atoms with Gasteiger partial charge >= 0.3 is 6.61 Å². The molecule has 1 aliphatic rings. The van der Waals surface area contributed by atoms with Crippen molar-refractivity contribution in [1.82, 2.24) is 10.6 Å². The summed E-state index contributed by atoms with van der Waals surface area (Å²) in [5, 5.41) is 6.11. The molecule has 2 rings (SSSR count). The number of hydrogen-bond donors (Lipinski definition) is 2. The van der Waals surface area contributed by atoms with Crippen molar-refractivity contribution in [1.29, 1.82) is 0 Å². The highest BCUT2D eigenvalue weighted by molar-refractivity contribution is 5.94. The molecule has 1 unspecified atom stereocenters. The van der Waals surface area contributed by atoms with Crippen LogP contribution < -0.4 is 15.4 Å². The number of carbonyl (C=O) groups excluding carboxylic acids is 1. The molecule has 1 saturated heterocycles. The van der Waals surface area contributed by atoms with Gasteiger partial charge in [-0.2, -0.15) is 8.78 Å².